The van der Waals surface area contributed by atoms with E-state index >= 15 is 0 Å². The Hall–Kier alpha value is -1.06. The molecule has 0 fully saturated rings. The molecule has 0 aromatic heterocycles. The van der Waals surface area contributed by atoms with Crippen molar-refractivity contribution in [2.24, 2.45) is 0 Å². The fourth-order valence-corrected chi connectivity index (χ4v) is 1.17. The van der Waals surface area contributed by atoms with Crippen LogP contribution in [-0.2, 0) is 0 Å². The molecule has 3 heteroatoms. The average Bonchev–Trinajstić information content (AvgIpc) is 2.26. The molecule has 0 saturated heterocycles. The molecular weight excluding hydrogens is 190 g/mol. The van der Waals surface area contributed by atoms with Gasteiger partial charge < -0.3 is 15.2 Å². The highest BCUT2D eigenvalue weighted by molar-refractivity contribution is 5.26. The maximum atomic E-state index is 8.78. The molecule has 0 aliphatic rings. The molecule has 1 aromatic carbocycles. The Morgan fingerprint density at radius 1 is 1.33 bits per heavy atom. The Morgan fingerprint density at radius 3 is 2.60 bits per heavy atom. The third-order valence-electron chi connectivity index (χ3n) is 2.16. The Labute approximate surface area is 91.1 Å². The predicted molar refractivity (Wildman–Crippen MR) is 61.2 cm³/mol. The van der Waals surface area contributed by atoms with Gasteiger partial charge in [-0.1, -0.05) is 17.7 Å². The van der Waals surface area contributed by atoms with Crippen LogP contribution in [0.2, 0.25) is 0 Å². The topological polar surface area (TPSA) is 41.5 Å². The summed E-state index contributed by atoms with van der Waals surface area (Å²) in [4.78, 5) is 0. The first-order valence-electron chi connectivity index (χ1n) is 5.26. The lowest BCUT2D eigenvalue weighted by molar-refractivity contribution is 0.239. The molecule has 15 heavy (non-hydrogen) atoms. The summed E-state index contributed by atoms with van der Waals surface area (Å²) in [5.41, 5.74) is 1.23. The molecule has 2 N–H and O–H groups in total. The molecule has 0 radical (unpaired) electrons. The maximum absolute atomic E-state index is 8.78. The van der Waals surface area contributed by atoms with E-state index in [4.69, 9.17) is 9.84 Å². The molecule has 84 valence electrons. The first-order valence-corrected chi connectivity index (χ1v) is 5.26. The van der Waals surface area contributed by atoms with Crippen LogP contribution in [-0.4, -0.2) is 30.9 Å². The quantitative estimate of drug-likeness (QED) is 0.695. The van der Waals surface area contributed by atoms with Gasteiger partial charge in [0, 0.05) is 12.6 Å². The lowest BCUT2D eigenvalue weighted by atomic mass is 10.2. The molecule has 0 bridgehead atoms. The Bertz CT molecular complexity index is 271. The predicted octanol–water partition coefficient (Wildman–Crippen LogP) is 1.34. The summed E-state index contributed by atoms with van der Waals surface area (Å²) < 4.78 is 5.51. The van der Waals surface area contributed by atoms with Crippen LogP contribution in [0.1, 0.15) is 12.5 Å². The van der Waals surface area contributed by atoms with Crippen LogP contribution < -0.4 is 10.1 Å². The number of hydrogen-bond donors (Lipinski definition) is 2. The number of aliphatic hydroxyl groups is 1. The molecular formula is C12H19NO2. The van der Waals surface area contributed by atoms with Gasteiger partial charge in [-0.3, -0.25) is 0 Å². The lowest BCUT2D eigenvalue weighted by Crippen LogP contribution is -2.32. The summed E-state index contributed by atoms with van der Waals surface area (Å²) >= 11 is 0. The molecule has 0 heterocycles. The van der Waals surface area contributed by atoms with E-state index in [1.165, 1.54) is 5.56 Å². The van der Waals surface area contributed by atoms with E-state index in [-0.39, 0.29) is 12.6 Å². The van der Waals surface area contributed by atoms with Crippen molar-refractivity contribution in [3.8, 4) is 5.75 Å². The van der Waals surface area contributed by atoms with Crippen LogP contribution in [0.3, 0.4) is 0 Å². The van der Waals surface area contributed by atoms with Gasteiger partial charge in [-0.25, -0.2) is 0 Å². The van der Waals surface area contributed by atoms with Crippen LogP contribution in [0.4, 0.5) is 0 Å². The van der Waals surface area contributed by atoms with Gasteiger partial charge in [-0.05, 0) is 26.0 Å². The molecule has 0 saturated carbocycles. The molecule has 1 atom stereocenters. The molecule has 0 amide bonds. The second kappa shape index (κ2) is 6.43. The summed E-state index contributed by atoms with van der Waals surface area (Å²) in [5.74, 6) is 0.888. The minimum absolute atomic E-state index is 0.131. The fraction of sp³-hybridized carbons (Fsp3) is 0.500. The minimum atomic E-state index is 0.131. The van der Waals surface area contributed by atoms with Crippen molar-refractivity contribution in [3.05, 3.63) is 29.8 Å². The monoisotopic (exact) mass is 209 g/mol. The van der Waals surface area contributed by atoms with Crippen molar-refractivity contribution in [3.63, 3.8) is 0 Å². The Kier molecular flexibility index (Phi) is 5.15. The average molecular weight is 209 g/mol. The van der Waals surface area contributed by atoms with Crippen LogP contribution in [0, 0.1) is 6.92 Å². The van der Waals surface area contributed by atoms with E-state index < -0.39 is 0 Å². The van der Waals surface area contributed by atoms with E-state index in [1.54, 1.807) is 0 Å². The SMILES string of the molecule is Cc1ccc(OCCN[C@H](C)CO)cc1. The van der Waals surface area contributed by atoms with E-state index in [9.17, 15) is 0 Å². The van der Waals surface area contributed by atoms with Gasteiger partial charge >= 0.3 is 0 Å². The zero-order valence-corrected chi connectivity index (χ0v) is 9.36. The first kappa shape index (κ1) is 12.0. The van der Waals surface area contributed by atoms with Gasteiger partial charge in [0.05, 0.1) is 6.61 Å². The van der Waals surface area contributed by atoms with E-state index in [1.807, 2.05) is 38.1 Å². The van der Waals surface area contributed by atoms with Crippen molar-refractivity contribution in [1.29, 1.82) is 0 Å². The third-order valence-corrected chi connectivity index (χ3v) is 2.16. The summed E-state index contributed by atoms with van der Waals surface area (Å²) in [7, 11) is 0. The van der Waals surface area contributed by atoms with Crippen molar-refractivity contribution < 1.29 is 9.84 Å². The number of rotatable bonds is 6. The van der Waals surface area contributed by atoms with E-state index in [0.29, 0.717) is 6.61 Å². The first-order chi connectivity index (χ1) is 7.22. The summed E-state index contributed by atoms with van der Waals surface area (Å²) in [6, 6.07) is 8.11. The molecule has 0 unspecified atom stereocenters. The summed E-state index contributed by atoms with van der Waals surface area (Å²) in [6.45, 7) is 5.51. The van der Waals surface area contributed by atoms with E-state index in [2.05, 4.69) is 5.32 Å². The second-order valence-electron chi connectivity index (χ2n) is 3.70. The van der Waals surface area contributed by atoms with Gasteiger partial charge in [0.15, 0.2) is 0 Å². The highest BCUT2D eigenvalue weighted by Gasteiger charge is 1.97. The largest absolute Gasteiger partial charge is 0.492 e. The molecule has 0 aliphatic carbocycles. The smallest absolute Gasteiger partial charge is 0.119 e. The highest BCUT2D eigenvalue weighted by Crippen LogP contribution is 2.10. The number of benzene rings is 1. The minimum Gasteiger partial charge on any atom is -0.492 e. The number of aryl methyl sites for hydroxylation is 1. The van der Waals surface area contributed by atoms with Gasteiger partial charge in [0.2, 0.25) is 0 Å². The van der Waals surface area contributed by atoms with Gasteiger partial charge in [-0.2, -0.15) is 0 Å². The number of hydrogen-bond acceptors (Lipinski definition) is 3. The van der Waals surface area contributed by atoms with Crippen molar-refractivity contribution in [2.75, 3.05) is 19.8 Å². The van der Waals surface area contributed by atoms with Gasteiger partial charge in [0.1, 0.15) is 12.4 Å². The Morgan fingerprint density at radius 2 is 2.00 bits per heavy atom. The van der Waals surface area contributed by atoms with Crippen LogP contribution in [0.15, 0.2) is 24.3 Å². The van der Waals surface area contributed by atoms with E-state index in [0.717, 1.165) is 12.3 Å². The van der Waals surface area contributed by atoms with Crippen molar-refractivity contribution >= 4 is 0 Å². The number of ether oxygens (including phenoxy) is 1. The maximum Gasteiger partial charge on any atom is 0.119 e. The van der Waals surface area contributed by atoms with Gasteiger partial charge in [0.25, 0.3) is 0 Å². The third kappa shape index (κ3) is 4.81. The standard InChI is InChI=1S/C12H19NO2/c1-10-3-5-12(6-4-10)15-8-7-13-11(2)9-14/h3-6,11,13-14H,7-9H2,1-2H3/t11-/m1/s1. The Balaban J connectivity index is 2.17. The normalized spacial score (nSPS) is 12.5. The molecule has 0 spiro atoms. The molecule has 0 aliphatic heterocycles. The van der Waals surface area contributed by atoms with Crippen LogP contribution in [0.5, 0.6) is 5.75 Å². The van der Waals surface area contributed by atoms with Crippen molar-refractivity contribution in [2.45, 2.75) is 19.9 Å². The number of aliphatic hydroxyl groups excluding tert-OH is 1. The molecule has 1 aromatic rings. The second-order valence-corrected chi connectivity index (χ2v) is 3.70. The summed E-state index contributed by atoms with van der Waals surface area (Å²) in [6.07, 6.45) is 0. The fourth-order valence-electron chi connectivity index (χ4n) is 1.17. The zero-order chi connectivity index (χ0) is 11.1. The van der Waals surface area contributed by atoms with Gasteiger partial charge in [-0.15, -0.1) is 0 Å². The van der Waals surface area contributed by atoms with Crippen molar-refractivity contribution in [1.82, 2.24) is 5.32 Å². The van der Waals surface area contributed by atoms with Crippen LogP contribution >= 0.6 is 0 Å². The lowest BCUT2D eigenvalue weighted by Gasteiger charge is -2.11. The summed E-state index contributed by atoms with van der Waals surface area (Å²) in [5, 5.41) is 11.9. The molecule has 3 nitrogen and oxygen atoms in total. The molecule has 1 rings (SSSR count). The van der Waals surface area contributed by atoms with Crippen LogP contribution in [0.25, 0.3) is 0 Å². The highest BCUT2D eigenvalue weighted by atomic mass is 16.5. The number of nitrogens with one attached hydrogen (secondary N) is 1. The zero-order valence-electron chi connectivity index (χ0n) is 9.36.